The van der Waals surface area contributed by atoms with E-state index >= 15 is 0 Å². The first kappa shape index (κ1) is 19.6. The monoisotopic (exact) mass is 447 g/mol. The SMILES string of the molecule is COc1ccc(-c2noc(CCC(=O)NNC(=O)c3cc(Br)cn3C)n2)cc1. The number of ether oxygens (including phenoxy) is 1. The van der Waals surface area contributed by atoms with Gasteiger partial charge in [0.2, 0.25) is 17.6 Å². The highest BCUT2D eigenvalue weighted by Crippen LogP contribution is 2.20. The minimum atomic E-state index is -0.416. The van der Waals surface area contributed by atoms with Crippen molar-refractivity contribution < 1.29 is 18.8 Å². The van der Waals surface area contributed by atoms with Crippen molar-refractivity contribution in [2.45, 2.75) is 12.8 Å². The molecule has 9 nitrogen and oxygen atoms in total. The number of hydrazine groups is 1. The Kier molecular flexibility index (Phi) is 6.09. The highest BCUT2D eigenvalue weighted by molar-refractivity contribution is 9.10. The highest BCUT2D eigenvalue weighted by Gasteiger charge is 2.14. The van der Waals surface area contributed by atoms with Gasteiger partial charge in [0.05, 0.1) is 7.11 Å². The zero-order chi connectivity index (χ0) is 20.1. The number of hydrogen-bond acceptors (Lipinski definition) is 6. The van der Waals surface area contributed by atoms with Crippen LogP contribution in [0.15, 0.2) is 45.5 Å². The van der Waals surface area contributed by atoms with E-state index in [1.165, 1.54) is 0 Å². The predicted molar refractivity (Wildman–Crippen MR) is 103 cm³/mol. The molecule has 0 fully saturated rings. The molecule has 0 spiro atoms. The van der Waals surface area contributed by atoms with E-state index in [0.29, 0.717) is 17.4 Å². The number of rotatable bonds is 6. The number of amides is 2. The van der Waals surface area contributed by atoms with Gasteiger partial charge in [0, 0.05) is 36.1 Å². The lowest BCUT2D eigenvalue weighted by Crippen LogP contribution is -2.42. The minimum absolute atomic E-state index is 0.0847. The van der Waals surface area contributed by atoms with E-state index in [4.69, 9.17) is 9.26 Å². The summed E-state index contributed by atoms with van der Waals surface area (Å²) in [5.41, 5.74) is 5.93. The molecule has 0 aliphatic carbocycles. The van der Waals surface area contributed by atoms with Crippen molar-refractivity contribution in [3.05, 3.63) is 52.6 Å². The first-order chi connectivity index (χ1) is 13.5. The lowest BCUT2D eigenvalue weighted by Gasteiger charge is -2.07. The Bertz CT molecular complexity index is 980. The van der Waals surface area contributed by atoms with Crippen LogP contribution in [0.3, 0.4) is 0 Å². The van der Waals surface area contributed by atoms with Crippen LogP contribution in [0.25, 0.3) is 11.4 Å². The van der Waals surface area contributed by atoms with Gasteiger partial charge in [-0.25, -0.2) is 0 Å². The molecular formula is C18H18BrN5O4. The third-order valence-corrected chi connectivity index (χ3v) is 4.34. The fourth-order valence-corrected chi connectivity index (χ4v) is 2.96. The Labute approximate surface area is 169 Å². The van der Waals surface area contributed by atoms with E-state index < -0.39 is 5.91 Å². The molecule has 0 unspecified atom stereocenters. The molecule has 0 saturated carbocycles. The van der Waals surface area contributed by atoms with Crippen LogP contribution >= 0.6 is 15.9 Å². The maximum atomic E-state index is 12.0. The number of nitrogens with one attached hydrogen (secondary N) is 2. The summed E-state index contributed by atoms with van der Waals surface area (Å²) in [6.45, 7) is 0. The number of hydrogen-bond donors (Lipinski definition) is 2. The second-order valence-electron chi connectivity index (χ2n) is 5.90. The van der Waals surface area contributed by atoms with Crippen LogP contribution in [-0.4, -0.2) is 33.6 Å². The Balaban J connectivity index is 1.49. The van der Waals surface area contributed by atoms with Gasteiger partial charge >= 0.3 is 0 Å². The molecule has 10 heteroatoms. The average Bonchev–Trinajstić information content (AvgIpc) is 3.30. The van der Waals surface area contributed by atoms with Crippen molar-refractivity contribution >= 4 is 27.7 Å². The van der Waals surface area contributed by atoms with E-state index in [9.17, 15) is 9.59 Å². The van der Waals surface area contributed by atoms with Crippen LogP contribution in [-0.2, 0) is 18.3 Å². The predicted octanol–water partition coefficient (Wildman–Crippen LogP) is 2.24. The first-order valence-electron chi connectivity index (χ1n) is 8.34. The Hall–Kier alpha value is -3.14. The van der Waals surface area contributed by atoms with Crippen LogP contribution in [0.5, 0.6) is 5.75 Å². The molecule has 0 aliphatic heterocycles. The van der Waals surface area contributed by atoms with Crippen LogP contribution in [0, 0.1) is 0 Å². The zero-order valence-electron chi connectivity index (χ0n) is 15.2. The number of nitrogens with zero attached hydrogens (tertiary/aromatic N) is 3. The van der Waals surface area contributed by atoms with E-state index in [-0.39, 0.29) is 18.7 Å². The summed E-state index contributed by atoms with van der Waals surface area (Å²) < 4.78 is 12.7. The highest BCUT2D eigenvalue weighted by atomic mass is 79.9. The number of carbonyl (C=O) groups is 2. The third-order valence-electron chi connectivity index (χ3n) is 3.90. The molecule has 146 valence electrons. The molecule has 0 bridgehead atoms. The standard InChI is InChI=1S/C18H18BrN5O4/c1-24-10-12(19)9-14(24)18(26)22-21-15(25)7-8-16-20-17(23-28-16)11-3-5-13(27-2)6-4-11/h3-6,9-10H,7-8H2,1-2H3,(H,21,25)(H,22,26). The van der Waals surface area contributed by atoms with Crippen LogP contribution in [0.2, 0.25) is 0 Å². The Morgan fingerprint density at radius 2 is 2.00 bits per heavy atom. The number of aromatic nitrogens is 3. The summed E-state index contributed by atoms with van der Waals surface area (Å²) in [6.07, 6.45) is 2.08. The van der Waals surface area contributed by atoms with E-state index in [2.05, 4.69) is 36.9 Å². The lowest BCUT2D eigenvalue weighted by molar-refractivity contribution is -0.121. The van der Waals surface area contributed by atoms with Gasteiger partial charge in [-0.05, 0) is 46.3 Å². The lowest BCUT2D eigenvalue weighted by atomic mass is 10.2. The van der Waals surface area contributed by atoms with E-state index in [1.807, 2.05) is 12.1 Å². The summed E-state index contributed by atoms with van der Waals surface area (Å²) in [5.74, 6) is 0.708. The molecule has 0 aliphatic rings. The van der Waals surface area contributed by atoms with Gasteiger partial charge in [-0.2, -0.15) is 4.98 Å². The maximum absolute atomic E-state index is 12.0. The summed E-state index contributed by atoms with van der Waals surface area (Å²) in [5, 5.41) is 3.91. The zero-order valence-corrected chi connectivity index (χ0v) is 16.8. The Morgan fingerprint density at radius 1 is 1.25 bits per heavy atom. The van der Waals surface area contributed by atoms with Crippen molar-refractivity contribution in [2.75, 3.05) is 7.11 Å². The van der Waals surface area contributed by atoms with Crippen molar-refractivity contribution in [1.29, 1.82) is 0 Å². The molecule has 2 amide bonds. The minimum Gasteiger partial charge on any atom is -0.497 e. The molecule has 0 radical (unpaired) electrons. The normalized spacial score (nSPS) is 10.5. The summed E-state index contributed by atoms with van der Waals surface area (Å²) in [6, 6.07) is 8.88. The molecule has 2 heterocycles. The Morgan fingerprint density at radius 3 is 2.64 bits per heavy atom. The van der Waals surface area contributed by atoms with Gasteiger partial charge in [0.1, 0.15) is 11.4 Å². The van der Waals surface area contributed by atoms with Crippen LogP contribution in [0.4, 0.5) is 0 Å². The van der Waals surface area contributed by atoms with Crippen molar-refractivity contribution in [3.8, 4) is 17.1 Å². The van der Waals surface area contributed by atoms with Gasteiger partial charge in [-0.3, -0.25) is 20.4 Å². The number of aryl methyl sites for hydroxylation is 2. The molecule has 0 saturated heterocycles. The fourth-order valence-electron chi connectivity index (χ4n) is 2.44. The van der Waals surface area contributed by atoms with E-state index in [1.54, 1.807) is 43.1 Å². The quantitative estimate of drug-likeness (QED) is 0.560. The van der Waals surface area contributed by atoms with Crippen molar-refractivity contribution in [1.82, 2.24) is 25.6 Å². The summed E-state index contributed by atoms with van der Waals surface area (Å²) in [4.78, 5) is 28.3. The summed E-state index contributed by atoms with van der Waals surface area (Å²) >= 11 is 3.29. The number of carbonyl (C=O) groups excluding carboxylic acids is 2. The molecule has 3 rings (SSSR count). The third kappa shape index (κ3) is 4.77. The first-order valence-corrected chi connectivity index (χ1v) is 9.13. The largest absolute Gasteiger partial charge is 0.497 e. The van der Waals surface area contributed by atoms with Crippen LogP contribution < -0.4 is 15.6 Å². The average molecular weight is 448 g/mol. The van der Waals surface area contributed by atoms with Crippen molar-refractivity contribution in [3.63, 3.8) is 0 Å². The smallest absolute Gasteiger partial charge is 0.286 e. The second kappa shape index (κ2) is 8.70. The van der Waals surface area contributed by atoms with Crippen LogP contribution in [0.1, 0.15) is 22.8 Å². The van der Waals surface area contributed by atoms with E-state index in [0.717, 1.165) is 15.8 Å². The molecule has 3 aromatic rings. The molecule has 0 atom stereocenters. The summed E-state index contributed by atoms with van der Waals surface area (Å²) in [7, 11) is 3.32. The van der Waals surface area contributed by atoms with Gasteiger partial charge < -0.3 is 13.8 Å². The number of halogens is 1. The molecule has 2 N–H and O–H groups in total. The fraction of sp³-hybridized carbons (Fsp3) is 0.222. The van der Waals surface area contributed by atoms with Gasteiger partial charge in [-0.15, -0.1) is 0 Å². The number of methoxy groups -OCH3 is 1. The van der Waals surface area contributed by atoms with Gasteiger partial charge in [0.25, 0.3) is 5.91 Å². The number of benzene rings is 1. The molecule has 1 aromatic carbocycles. The van der Waals surface area contributed by atoms with Gasteiger partial charge in [-0.1, -0.05) is 5.16 Å². The molecule has 2 aromatic heterocycles. The topological polar surface area (TPSA) is 111 Å². The van der Waals surface area contributed by atoms with Crippen molar-refractivity contribution in [2.24, 2.45) is 7.05 Å². The second-order valence-corrected chi connectivity index (χ2v) is 6.81. The maximum Gasteiger partial charge on any atom is 0.286 e. The van der Waals surface area contributed by atoms with Gasteiger partial charge in [0.15, 0.2) is 0 Å². The molecule has 28 heavy (non-hydrogen) atoms. The molecular weight excluding hydrogens is 430 g/mol.